The Morgan fingerprint density at radius 2 is 2.00 bits per heavy atom. The van der Waals surface area contributed by atoms with Crippen molar-refractivity contribution in [2.45, 2.75) is 19.8 Å². The molecule has 0 aromatic carbocycles. The van der Waals surface area contributed by atoms with Gasteiger partial charge in [-0.25, -0.2) is 0 Å². The Balaban J connectivity index is 2.57. The number of allylic oxidation sites excluding steroid dienone is 2. The molecule has 0 radical (unpaired) electrons. The summed E-state index contributed by atoms with van der Waals surface area (Å²) in [6.45, 7) is 1.94. The van der Waals surface area contributed by atoms with Crippen molar-refractivity contribution in [1.82, 2.24) is 4.98 Å². The highest BCUT2D eigenvalue weighted by Gasteiger charge is 2.08. The zero-order chi connectivity index (χ0) is 11.1. The highest BCUT2D eigenvalue weighted by Crippen LogP contribution is 2.02. The fraction of sp³-hybridized carbons (Fsp3) is 0.250. The predicted octanol–water partition coefficient (Wildman–Crippen LogP) is 2.19. The standard InChI is InChI=1S/C12H13NO2/c1-2-3-4-11(14)9-12(15)10-5-7-13-8-6-10/h3-8H,2,9H2,1H3. The quantitative estimate of drug-likeness (QED) is 0.418. The van der Waals surface area contributed by atoms with E-state index < -0.39 is 0 Å². The zero-order valence-corrected chi connectivity index (χ0v) is 8.64. The summed E-state index contributed by atoms with van der Waals surface area (Å²) >= 11 is 0. The van der Waals surface area contributed by atoms with Crippen LogP contribution in [0, 0.1) is 0 Å². The summed E-state index contributed by atoms with van der Waals surface area (Å²) in [4.78, 5) is 26.6. The highest BCUT2D eigenvalue weighted by molar-refractivity contribution is 6.11. The van der Waals surface area contributed by atoms with E-state index in [0.717, 1.165) is 6.42 Å². The molecule has 0 saturated carbocycles. The smallest absolute Gasteiger partial charge is 0.170 e. The van der Waals surface area contributed by atoms with Crippen LogP contribution in [-0.4, -0.2) is 16.6 Å². The number of pyridine rings is 1. The highest BCUT2D eigenvalue weighted by atomic mass is 16.1. The summed E-state index contributed by atoms with van der Waals surface area (Å²) < 4.78 is 0. The van der Waals surface area contributed by atoms with E-state index in [1.807, 2.05) is 6.92 Å². The van der Waals surface area contributed by atoms with Gasteiger partial charge >= 0.3 is 0 Å². The molecular weight excluding hydrogens is 190 g/mol. The van der Waals surface area contributed by atoms with Crippen LogP contribution in [0.5, 0.6) is 0 Å². The van der Waals surface area contributed by atoms with Gasteiger partial charge in [-0.15, -0.1) is 0 Å². The minimum Gasteiger partial charge on any atom is -0.294 e. The molecule has 0 spiro atoms. The molecule has 1 aromatic rings. The van der Waals surface area contributed by atoms with Gasteiger partial charge in [0.25, 0.3) is 0 Å². The second-order valence-corrected chi connectivity index (χ2v) is 3.11. The number of Topliss-reactive ketones (excluding diaryl/α,β-unsaturated/α-hetero) is 1. The normalized spacial score (nSPS) is 10.5. The number of carbonyl (C=O) groups is 2. The number of nitrogens with zero attached hydrogens (tertiary/aromatic N) is 1. The van der Waals surface area contributed by atoms with Crippen molar-refractivity contribution >= 4 is 11.6 Å². The first-order valence-electron chi connectivity index (χ1n) is 4.86. The molecule has 0 saturated heterocycles. The van der Waals surface area contributed by atoms with Crippen LogP contribution in [0.2, 0.25) is 0 Å². The van der Waals surface area contributed by atoms with Crippen LogP contribution in [0.1, 0.15) is 30.1 Å². The van der Waals surface area contributed by atoms with Crippen molar-refractivity contribution < 1.29 is 9.59 Å². The molecule has 0 bridgehead atoms. The minimum atomic E-state index is -0.164. The molecule has 3 nitrogen and oxygen atoms in total. The summed E-state index contributed by atoms with van der Waals surface area (Å²) in [6.07, 6.45) is 7.02. The maximum Gasteiger partial charge on any atom is 0.170 e. The van der Waals surface area contributed by atoms with Crippen LogP contribution in [-0.2, 0) is 4.79 Å². The average Bonchev–Trinajstić information content (AvgIpc) is 2.27. The molecule has 3 heteroatoms. The number of rotatable bonds is 5. The third kappa shape index (κ3) is 3.85. The third-order valence-electron chi connectivity index (χ3n) is 1.88. The van der Waals surface area contributed by atoms with Crippen molar-refractivity contribution in [3.8, 4) is 0 Å². The van der Waals surface area contributed by atoms with Gasteiger partial charge in [0.05, 0.1) is 6.42 Å². The lowest BCUT2D eigenvalue weighted by Gasteiger charge is -1.96. The van der Waals surface area contributed by atoms with Crippen LogP contribution in [0.4, 0.5) is 0 Å². The van der Waals surface area contributed by atoms with Gasteiger partial charge in [0.2, 0.25) is 0 Å². The lowest BCUT2D eigenvalue weighted by Crippen LogP contribution is -2.05. The first-order valence-corrected chi connectivity index (χ1v) is 4.86. The molecular formula is C12H13NO2. The molecule has 0 N–H and O–H groups in total. The number of hydrogen-bond acceptors (Lipinski definition) is 3. The van der Waals surface area contributed by atoms with Crippen molar-refractivity contribution in [3.63, 3.8) is 0 Å². The van der Waals surface area contributed by atoms with Crippen molar-refractivity contribution in [1.29, 1.82) is 0 Å². The lowest BCUT2D eigenvalue weighted by molar-refractivity contribution is -0.113. The fourth-order valence-corrected chi connectivity index (χ4v) is 1.11. The molecule has 1 rings (SSSR count). The third-order valence-corrected chi connectivity index (χ3v) is 1.88. The van der Waals surface area contributed by atoms with Gasteiger partial charge in [-0.3, -0.25) is 14.6 Å². The first kappa shape index (κ1) is 11.3. The van der Waals surface area contributed by atoms with Crippen LogP contribution in [0.3, 0.4) is 0 Å². The van der Waals surface area contributed by atoms with E-state index in [-0.39, 0.29) is 18.0 Å². The van der Waals surface area contributed by atoms with Gasteiger partial charge in [0, 0.05) is 18.0 Å². The largest absolute Gasteiger partial charge is 0.294 e. The van der Waals surface area contributed by atoms with Gasteiger partial charge in [0.1, 0.15) is 0 Å². The molecule has 0 aliphatic carbocycles. The van der Waals surface area contributed by atoms with Crippen molar-refractivity contribution in [3.05, 3.63) is 42.2 Å². The van der Waals surface area contributed by atoms with E-state index in [1.54, 1.807) is 30.6 Å². The first-order chi connectivity index (χ1) is 7.24. The SMILES string of the molecule is CCC=CC(=O)CC(=O)c1ccncc1. The number of hydrogen-bond donors (Lipinski definition) is 0. The predicted molar refractivity (Wildman–Crippen MR) is 57.6 cm³/mol. The molecule has 1 aromatic heterocycles. The van der Waals surface area contributed by atoms with Crippen LogP contribution in [0.25, 0.3) is 0 Å². The molecule has 0 fully saturated rings. The zero-order valence-electron chi connectivity index (χ0n) is 8.64. The van der Waals surface area contributed by atoms with E-state index in [1.165, 1.54) is 6.08 Å². The van der Waals surface area contributed by atoms with Gasteiger partial charge in [0.15, 0.2) is 11.6 Å². The Hall–Kier alpha value is -1.77. The second kappa shape index (κ2) is 5.86. The Labute approximate surface area is 88.8 Å². The maximum atomic E-state index is 11.5. The van der Waals surface area contributed by atoms with E-state index in [2.05, 4.69) is 4.98 Å². The molecule has 78 valence electrons. The van der Waals surface area contributed by atoms with E-state index in [4.69, 9.17) is 0 Å². The van der Waals surface area contributed by atoms with Crippen molar-refractivity contribution in [2.24, 2.45) is 0 Å². The summed E-state index contributed by atoms with van der Waals surface area (Å²) in [5, 5.41) is 0. The molecule has 0 unspecified atom stereocenters. The Kier molecular flexibility index (Phi) is 4.41. The summed E-state index contributed by atoms with van der Waals surface area (Å²) in [7, 11) is 0. The minimum absolute atomic E-state index is 0.0689. The van der Waals surface area contributed by atoms with E-state index in [9.17, 15) is 9.59 Å². The monoisotopic (exact) mass is 203 g/mol. The van der Waals surface area contributed by atoms with Crippen molar-refractivity contribution in [2.75, 3.05) is 0 Å². The number of aromatic nitrogens is 1. The Bertz CT molecular complexity index is 368. The van der Waals surface area contributed by atoms with Crippen LogP contribution >= 0.6 is 0 Å². The summed E-state index contributed by atoms with van der Waals surface area (Å²) in [5.41, 5.74) is 0.531. The fourth-order valence-electron chi connectivity index (χ4n) is 1.11. The summed E-state index contributed by atoms with van der Waals surface area (Å²) in [6, 6.07) is 3.22. The number of ketones is 2. The van der Waals surface area contributed by atoms with Crippen LogP contribution < -0.4 is 0 Å². The molecule has 0 aliphatic rings. The van der Waals surface area contributed by atoms with Gasteiger partial charge < -0.3 is 0 Å². The molecule has 0 aliphatic heterocycles. The van der Waals surface area contributed by atoms with E-state index >= 15 is 0 Å². The lowest BCUT2D eigenvalue weighted by atomic mass is 10.1. The Morgan fingerprint density at radius 1 is 1.33 bits per heavy atom. The van der Waals surface area contributed by atoms with Gasteiger partial charge in [-0.2, -0.15) is 0 Å². The Morgan fingerprint density at radius 3 is 2.60 bits per heavy atom. The molecule has 0 amide bonds. The second-order valence-electron chi connectivity index (χ2n) is 3.11. The number of carbonyl (C=O) groups excluding carboxylic acids is 2. The maximum absolute atomic E-state index is 11.5. The van der Waals surface area contributed by atoms with Gasteiger partial charge in [-0.1, -0.05) is 13.0 Å². The molecule has 0 atom stereocenters. The van der Waals surface area contributed by atoms with Crippen LogP contribution in [0.15, 0.2) is 36.7 Å². The molecule has 1 heterocycles. The van der Waals surface area contributed by atoms with Gasteiger partial charge in [-0.05, 0) is 24.6 Å². The average molecular weight is 203 g/mol. The topological polar surface area (TPSA) is 47.0 Å². The molecule has 15 heavy (non-hydrogen) atoms. The van der Waals surface area contributed by atoms with E-state index in [0.29, 0.717) is 5.56 Å². The summed E-state index contributed by atoms with van der Waals surface area (Å²) in [5.74, 6) is -0.318.